The molecule has 0 atom stereocenters. The summed E-state index contributed by atoms with van der Waals surface area (Å²) < 4.78 is 6.04. The Bertz CT molecular complexity index is 382. The third-order valence-corrected chi connectivity index (χ3v) is 3.02. The number of halogens is 1. The van der Waals surface area contributed by atoms with E-state index in [-0.39, 0.29) is 0 Å². The van der Waals surface area contributed by atoms with Crippen molar-refractivity contribution in [2.75, 3.05) is 13.7 Å². The zero-order valence-electron chi connectivity index (χ0n) is 9.01. The summed E-state index contributed by atoms with van der Waals surface area (Å²) in [5, 5.41) is 0. The van der Waals surface area contributed by atoms with E-state index in [4.69, 9.17) is 11.3 Å². The van der Waals surface area contributed by atoms with Crippen molar-refractivity contribution in [2.45, 2.75) is 19.8 Å². The molecule has 0 aliphatic rings. The number of nitrogens with zero attached hydrogens (tertiary/aromatic N) is 1. The van der Waals surface area contributed by atoms with Gasteiger partial charge in [0, 0.05) is 18.2 Å². The summed E-state index contributed by atoms with van der Waals surface area (Å²) in [5.41, 5.74) is 3.01. The summed E-state index contributed by atoms with van der Waals surface area (Å²) in [6.07, 6.45) is 1.99. The van der Waals surface area contributed by atoms with Crippen LogP contribution in [0.3, 0.4) is 0 Å². The molecule has 2 nitrogen and oxygen atoms in total. The van der Waals surface area contributed by atoms with Crippen molar-refractivity contribution < 1.29 is 4.74 Å². The molecule has 80 valence electrons. The molecule has 0 saturated carbocycles. The van der Waals surface area contributed by atoms with Crippen LogP contribution < -0.4 is 0 Å². The lowest BCUT2D eigenvalue weighted by atomic mass is 10.1. The Morgan fingerprint density at radius 2 is 2.20 bits per heavy atom. The molecule has 15 heavy (non-hydrogen) atoms. The van der Waals surface area contributed by atoms with Gasteiger partial charge >= 0.3 is 0 Å². The Morgan fingerprint density at radius 1 is 1.47 bits per heavy atom. The minimum Gasteiger partial charge on any atom is -0.385 e. The van der Waals surface area contributed by atoms with Crippen molar-refractivity contribution in [1.82, 2.24) is 0 Å². The molecular formula is C12H14BrNO. The van der Waals surface area contributed by atoms with Crippen LogP contribution in [0.1, 0.15) is 17.5 Å². The Balaban J connectivity index is 2.82. The summed E-state index contributed by atoms with van der Waals surface area (Å²) in [6.45, 7) is 9.75. The first-order valence-electron chi connectivity index (χ1n) is 4.84. The fraction of sp³-hybridized carbons (Fsp3) is 0.417. The second-order valence-corrected chi connectivity index (χ2v) is 4.29. The van der Waals surface area contributed by atoms with Crippen LogP contribution in [0.15, 0.2) is 16.6 Å². The van der Waals surface area contributed by atoms with Crippen LogP contribution in [0.4, 0.5) is 5.69 Å². The molecule has 0 radical (unpaired) electrons. The SMILES string of the molecule is [C-]#[N+]c1cc(Br)c(CCCOC)cc1C. The molecule has 0 saturated heterocycles. The first kappa shape index (κ1) is 12.2. The van der Waals surface area contributed by atoms with E-state index in [2.05, 4.69) is 26.8 Å². The van der Waals surface area contributed by atoms with Crippen molar-refractivity contribution >= 4 is 21.6 Å². The average molecular weight is 268 g/mol. The number of hydrogen-bond acceptors (Lipinski definition) is 1. The van der Waals surface area contributed by atoms with E-state index in [0.717, 1.165) is 35.2 Å². The predicted octanol–water partition coefficient (Wildman–Crippen LogP) is 3.89. The van der Waals surface area contributed by atoms with Crippen LogP contribution in [-0.4, -0.2) is 13.7 Å². The van der Waals surface area contributed by atoms with Crippen molar-refractivity contribution in [1.29, 1.82) is 0 Å². The van der Waals surface area contributed by atoms with E-state index in [1.165, 1.54) is 5.56 Å². The zero-order valence-corrected chi connectivity index (χ0v) is 10.6. The molecule has 3 heteroatoms. The number of benzene rings is 1. The minimum atomic E-state index is 0.720. The van der Waals surface area contributed by atoms with E-state index < -0.39 is 0 Å². The van der Waals surface area contributed by atoms with Gasteiger partial charge in [-0.25, -0.2) is 4.85 Å². The number of hydrogen-bond donors (Lipinski definition) is 0. The van der Waals surface area contributed by atoms with Crippen LogP contribution >= 0.6 is 15.9 Å². The third-order valence-electron chi connectivity index (χ3n) is 2.28. The summed E-state index contributed by atoms with van der Waals surface area (Å²) in [7, 11) is 1.71. The van der Waals surface area contributed by atoms with Crippen LogP contribution in [0.2, 0.25) is 0 Å². The molecular weight excluding hydrogens is 254 g/mol. The van der Waals surface area contributed by atoms with Crippen molar-refractivity contribution in [3.8, 4) is 0 Å². The molecule has 0 N–H and O–H groups in total. The molecule has 0 spiro atoms. The van der Waals surface area contributed by atoms with Crippen molar-refractivity contribution in [3.05, 3.63) is 39.1 Å². The molecule has 1 aromatic rings. The fourth-order valence-corrected chi connectivity index (χ4v) is 1.98. The lowest BCUT2D eigenvalue weighted by molar-refractivity contribution is 0.195. The van der Waals surface area contributed by atoms with Gasteiger partial charge in [0.2, 0.25) is 0 Å². The summed E-state index contributed by atoms with van der Waals surface area (Å²) in [5.74, 6) is 0. The predicted molar refractivity (Wildman–Crippen MR) is 65.3 cm³/mol. The molecule has 0 aliphatic heterocycles. The van der Waals surface area contributed by atoms with E-state index in [1.54, 1.807) is 7.11 Å². The Kier molecular flexibility index (Phi) is 4.80. The van der Waals surface area contributed by atoms with Gasteiger partial charge in [0.25, 0.3) is 0 Å². The fourth-order valence-electron chi connectivity index (χ4n) is 1.45. The molecule has 1 aromatic carbocycles. The highest BCUT2D eigenvalue weighted by Crippen LogP contribution is 2.28. The van der Waals surface area contributed by atoms with Gasteiger partial charge in [0.15, 0.2) is 5.69 Å². The Hall–Kier alpha value is -0.850. The number of ether oxygens (including phenoxy) is 1. The van der Waals surface area contributed by atoms with Crippen LogP contribution in [0.25, 0.3) is 4.85 Å². The zero-order chi connectivity index (χ0) is 11.3. The standard InChI is InChI=1S/C12H14BrNO/c1-9-7-10(5-4-6-15-3)11(13)8-12(9)14-2/h7-8H,4-6H2,1,3H3. The highest BCUT2D eigenvalue weighted by atomic mass is 79.9. The Labute approximate surface area is 99.2 Å². The lowest BCUT2D eigenvalue weighted by Gasteiger charge is -2.07. The number of methoxy groups -OCH3 is 1. The molecule has 0 aromatic heterocycles. The monoisotopic (exact) mass is 267 g/mol. The molecule has 0 unspecified atom stereocenters. The van der Waals surface area contributed by atoms with Crippen LogP contribution in [-0.2, 0) is 11.2 Å². The van der Waals surface area contributed by atoms with Gasteiger partial charge in [0.05, 0.1) is 6.57 Å². The van der Waals surface area contributed by atoms with Crippen LogP contribution in [0.5, 0.6) is 0 Å². The van der Waals surface area contributed by atoms with E-state index >= 15 is 0 Å². The van der Waals surface area contributed by atoms with E-state index in [1.807, 2.05) is 13.0 Å². The number of aryl methyl sites for hydroxylation is 2. The van der Waals surface area contributed by atoms with Gasteiger partial charge in [-0.3, -0.25) is 0 Å². The van der Waals surface area contributed by atoms with Crippen LogP contribution in [0, 0.1) is 13.5 Å². The van der Waals surface area contributed by atoms with Gasteiger partial charge in [-0.15, -0.1) is 0 Å². The second kappa shape index (κ2) is 5.89. The molecule has 0 heterocycles. The molecule has 0 fully saturated rings. The third kappa shape index (κ3) is 3.33. The lowest BCUT2D eigenvalue weighted by Crippen LogP contribution is -1.94. The maximum atomic E-state index is 7.00. The highest BCUT2D eigenvalue weighted by Gasteiger charge is 2.05. The maximum Gasteiger partial charge on any atom is 0.191 e. The topological polar surface area (TPSA) is 13.6 Å². The molecule has 0 aliphatic carbocycles. The molecule has 0 amide bonds. The van der Waals surface area contributed by atoms with E-state index in [0.29, 0.717) is 0 Å². The minimum absolute atomic E-state index is 0.720. The van der Waals surface area contributed by atoms with Gasteiger partial charge < -0.3 is 4.74 Å². The normalized spacial score (nSPS) is 10.0. The van der Waals surface area contributed by atoms with Gasteiger partial charge in [-0.05, 0) is 37.0 Å². The second-order valence-electron chi connectivity index (χ2n) is 3.44. The van der Waals surface area contributed by atoms with Crippen molar-refractivity contribution in [2.24, 2.45) is 0 Å². The molecule has 0 bridgehead atoms. The highest BCUT2D eigenvalue weighted by molar-refractivity contribution is 9.10. The van der Waals surface area contributed by atoms with E-state index in [9.17, 15) is 0 Å². The quantitative estimate of drug-likeness (QED) is 0.596. The maximum absolute atomic E-state index is 7.00. The first-order chi connectivity index (χ1) is 7.19. The smallest absolute Gasteiger partial charge is 0.191 e. The summed E-state index contributed by atoms with van der Waals surface area (Å²) >= 11 is 3.49. The van der Waals surface area contributed by atoms with Crippen molar-refractivity contribution in [3.63, 3.8) is 0 Å². The van der Waals surface area contributed by atoms with Gasteiger partial charge in [-0.2, -0.15) is 0 Å². The first-order valence-corrected chi connectivity index (χ1v) is 5.63. The summed E-state index contributed by atoms with van der Waals surface area (Å²) in [4.78, 5) is 3.46. The number of rotatable bonds is 4. The summed E-state index contributed by atoms with van der Waals surface area (Å²) in [6, 6.07) is 3.97. The largest absolute Gasteiger partial charge is 0.385 e. The average Bonchev–Trinajstić information content (AvgIpc) is 2.23. The Morgan fingerprint density at radius 3 is 2.80 bits per heavy atom. The molecule has 1 rings (SSSR count). The van der Waals surface area contributed by atoms with Gasteiger partial charge in [-0.1, -0.05) is 22.0 Å². The van der Waals surface area contributed by atoms with Gasteiger partial charge in [0.1, 0.15) is 0 Å².